The van der Waals surface area contributed by atoms with Gasteiger partial charge in [-0.15, -0.1) is 0 Å². The van der Waals surface area contributed by atoms with Crippen LogP contribution < -0.4 is 0 Å². The van der Waals surface area contributed by atoms with Gasteiger partial charge in [0.05, 0.1) is 5.25 Å². The van der Waals surface area contributed by atoms with E-state index >= 15 is 0 Å². The molecule has 1 aromatic rings. The van der Waals surface area contributed by atoms with Crippen LogP contribution in [0.1, 0.15) is 37.7 Å². The summed E-state index contributed by atoms with van der Waals surface area (Å²) in [5.74, 6) is 0.813. The Morgan fingerprint density at radius 3 is 2.41 bits per heavy atom. The zero-order valence-corrected chi connectivity index (χ0v) is 14.0. The zero-order valence-electron chi connectivity index (χ0n) is 13.1. The lowest BCUT2D eigenvalue weighted by molar-refractivity contribution is 0.0965. The molecule has 22 heavy (non-hydrogen) atoms. The van der Waals surface area contributed by atoms with Crippen LogP contribution in [-0.2, 0) is 14.8 Å². The van der Waals surface area contributed by atoms with Gasteiger partial charge in [0.2, 0.25) is 10.0 Å². The van der Waals surface area contributed by atoms with Crippen LogP contribution in [-0.4, -0.2) is 44.3 Å². The average Bonchev–Trinajstić information content (AvgIpc) is 2.56. The van der Waals surface area contributed by atoms with E-state index in [2.05, 4.69) is 31.2 Å². The molecule has 0 saturated carbocycles. The summed E-state index contributed by atoms with van der Waals surface area (Å²) in [7, 11) is -3.17. The highest BCUT2D eigenvalue weighted by Crippen LogP contribution is 2.35. The summed E-state index contributed by atoms with van der Waals surface area (Å²) in [4.78, 5) is 0. The van der Waals surface area contributed by atoms with Crippen LogP contribution in [0.2, 0.25) is 0 Å². The number of piperidine rings is 1. The van der Waals surface area contributed by atoms with E-state index in [4.69, 9.17) is 4.74 Å². The maximum atomic E-state index is 12.8. The second-order valence-corrected chi connectivity index (χ2v) is 8.71. The summed E-state index contributed by atoms with van der Waals surface area (Å²) in [6.07, 6.45) is 2.18. The van der Waals surface area contributed by atoms with Crippen molar-refractivity contribution in [2.75, 3.05) is 26.3 Å². The molecular weight excluding hydrogens is 298 g/mol. The van der Waals surface area contributed by atoms with Gasteiger partial charge in [-0.3, -0.25) is 0 Å². The van der Waals surface area contributed by atoms with E-state index in [0.29, 0.717) is 51.0 Å². The third-order valence-electron chi connectivity index (χ3n) is 5.05. The average molecular weight is 323 g/mol. The Morgan fingerprint density at radius 2 is 1.77 bits per heavy atom. The molecule has 2 aliphatic rings. The van der Waals surface area contributed by atoms with Gasteiger partial charge in [0.25, 0.3) is 0 Å². The van der Waals surface area contributed by atoms with Gasteiger partial charge in [-0.25, -0.2) is 12.7 Å². The molecular formula is C17H25NO3S. The normalized spacial score (nSPS) is 28.6. The third kappa shape index (κ3) is 3.21. The van der Waals surface area contributed by atoms with Crippen LogP contribution in [0, 0.1) is 5.92 Å². The van der Waals surface area contributed by atoms with Gasteiger partial charge < -0.3 is 4.74 Å². The predicted octanol–water partition coefficient (Wildman–Crippen LogP) is 2.62. The Morgan fingerprint density at radius 1 is 1.09 bits per heavy atom. The van der Waals surface area contributed by atoms with Crippen molar-refractivity contribution in [2.24, 2.45) is 5.92 Å². The molecule has 0 bridgehead atoms. The fourth-order valence-corrected chi connectivity index (χ4v) is 5.73. The number of benzene rings is 1. The fourth-order valence-electron chi connectivity index (χ4n) is 3.72. The molecule has 2 aliphatic heterocycles. The monoisotopic (exact) mass is 323 g/mol. The topological polar surface area (TPSA) is 46.6 Å². The van der Waals surface area contributed by atoms with Crippen molar-refractivity contribution in [3.05, 3.63) is 35.9 Å². The Kier molecular flexibility index (Phi) is 4.85. The van der Waals surface area contributed by atoms with Gasteiger partial charge >= 0.3 is 0 Å². The lowest BCUT2D eigenvalue weighted by atomic mass is 9.82. The van der Waals surface area contributed by atoms with Crippen molar-refractivity contribution in [1.82, 2.24) is 4.31 Å². The van der Waals surface area contributed by atoms with Crippen LogP contribution in [0.5, 0.6) is 0 Å². The number of ether oxygens (including phenoxy) is 1. The second-order valence-electron chi connectivity index (χ2n) is 6.50. The fraction of sp³-hybridized carbons (Fsp3) is 0.647. The largest absolute Gasteiger partial charge is 0.381 e. The van der Waals surface area contributed by atoms with Gasteiger partial charge in [0, 0.05) is 26.3 Å². The van der Waals surface area contributed by atoms with Crippen molar-refractivity contribution < 1.29 is 13.2 Å². The van der Waals surface area contributed by atoms with E-state index in [-0.39, 0.29) is 5.25 Å². The molecule has 0 N–H and O–H groups in total. The Hall–Kier alpha value is -0.910. The standard InChI is InChI=1S/C17H25NO3S/c1-14-13-18(22(19,20)16-8-11-21-12-9-16)10-7-17(14)15-5-3-2-4-6-15/h2-6,14,16-17H,7-13H2,1H3. The summed E-state index contributed by atoms with van der Waals surface area (Å²) in [6.45, 7) is 4.59. The van der Waals surface area contributed by atoms with Gasteiger partial charge in [-0.1, -0.05) is 37.3 Å². The van der Waals surface area contributed by atoms with Crippen LogP contribution in [0.25, 0.3) is 0 Å². The van der Waals surface area contributed by atoms with Gasteiger partial charge in [0.1, 0.15) is 0 Å². The predicted molar refractivity (Wildman–Crippen MR) is 87.3 cm³/mol. The minimum absolute atomic E-state index is 0.248. The molecule has 5 heteroatoms. The highest BCUT2D eigenvalue weighted by Gasteiger charge is 2.38. The first-order valence-electron chi connectivity index (χ1n) is 8.20. The molecule has 122 valence electrons. The molecule has 0 aromatic heterocycles. The molecule has 2 fully saturated rings. The summed E-state index contributed by atoms with van der Waals surface area (Å²) < 4.78 is 32.6. The summed E-state index contributed by atoms with van der Waals surface area (Å²) in [5.41, 5.74) is 1.33. The van der Waals surface area contributed by atoms with Crippen LogP contribution in [0.3, 0.4) is 0 Å². The molecule has 2 saturated heterocycles. The molecule has 2 unspecified atom stereocenters. The van der Waals surface area contributed by atoms with E-state index in [1.807, 2.05) is 6.07 Å². The first-order valence-corrected chi connectivity index (χ1v) is 9.71. The molecule has 2 heterocycles. The first kappa shape index (κ1) is 16.0. The number of nitrogens with zero attached hydrogens (tertiary/aromatic N) is 1. The smallest absolute Gasteiger partial charge is 0.217 e. The van der Waals surface area contributed by atoms with Crippen LogP contribution >= 0.6 is 0 Å². The third-order valence-corrected chi connectivity index (χ3v) is 7.41. The molecule has 0 aliphatic carbocycles. The second kappa shape index (κ2) is 6.69. The molecule has 0 spiro atoms. The minimum Gasteiger partial charge on any atom is -0.381 e. The number of hydrogen-bond donors (Lipinski definition) is 0. The Balaban J connectivity index is 1.69. The lowest BCUT2D eigenvalue weighted by Crippen LogP contribution is -2.47. The minimum atomic E-state index is -3.17. The van der Waals surface area contributed by atoms with Crippen molar-refractivity contribution >= 4 is 10.0 Å². The number of rotatable bonds is 3. The van der Waals surface area contributed by atoms with Crippen molar-refractivity contribution in [1.29, 1.82) is 0 Å². The quantitative estimate of drug-likeness (QED) is 0.859. The maximum Gasteiger partial charge on any atom is 0.217 e. The first-order chi connectivity index (χ1) is 10.6. The summed E-state index contributed by atoms with van der Waals surface area (Å²) in [5, 5.41) is -0.248. The van der Waals surface area contributed by atoms with Crippen molar-refractivity contribution in [2.45, 2.75) is 37.4 Å². The van der Waals surface area contributed by atoms with Gasteiger partial charge in [-0.2, -0.15) is 0 Å². The molecule has 0 radical (unpaired) electrons. The van der Waals surface area contributed by atoms with E-state index in [1.54, 1.807) is 4.31 Å². The van der Waals surface area contributed by atoms with E-state index in [1.165, 1.54) is 5.56 Å². The molecule has 4 nitrogen and oxygen atoms in total. The van der Waals surface area contributed by atoms with E-state index in [0.717, 1.165) is 6.42 Å². The zero-order chi connectivity index (χ0) is 15.6. The highest BCUT2D eigenvalue weighted by atomic mass is 32.2. The van der Waals surface area contributed by atoms with E-state index < -0.39 is 10.0 Å². The molecule has 3 rings (SSSR count). The molecule has 2 atom stereocenters. The van der Waals surface area contributed by atoms with Crippen LogP contribution in [0.4, 0.5) is 0 Å². The van der Waals surface area contributed by atoms with E-state index in [9.17, 15) is 8.42 Å². The Bertz CT molecular complexity index is 581. The maximum absolute atomic E-state index is 12.8. The van der Waals surface area contributed by atoms with Gasteiger partial charge in [0.15, 0.2) is 0 Å². The van der Waals surface area contributed by atoms with Crippen LogP contribution in [0.15, 0.2) is 30.3 Å². The summed E-state index contributed by atoms with van der Waals surface area (Å²) >= 11 is 0. The molecule has 0 amide bonds. The number of hydrogen-bond acceptors (Lipinski definition) is 3. The van der Waals surface area contributed by atoms with Crippen molar-refractivity contribution in [3.63, 3.8) is 0 Å². The van der Waals surface area contributed by atoms with Crippen molar-refractivity contribution in [3.8, 4) is 0 Å². The Labute approximate surface area is 133 Å². The SMILES string of the molecule is CC1CN(S(=O)(=O)C2CCOCC2)CCC1c1ccccc1. The molecule has 1 aromatic carbocycles. The van der Waals surface area contributed by atoms with Gasteiger partial charge in [-0.05, 0) is 36.7 Å². The number of sulfonamides is 1. The lowest BCUT2D eigenvalue weighted by Gasteiger charge is -2.38. The summed E-state index contributed by atoms with van der Waals surface area (Å²) in [6, 6.07) is 10.5. The highest BCUT2D eigenvalue weighted by molar-refractivity contribution is 7.89.